The molecule has 2 rings (SSSR count). The van der Waals surface area contributed by atoms with E-state index in [1.54, 1.807) is 23.1 Å². The first-order valence-electron chi connectivity index (χ1n) is 7.08. The number of amides is 1. The van der Waals surface area contributed by atoms with Crippen molar-refractivity contribution in [2.24, 2.45) is 5.73 Å². The number of nitrogens with zero attached hydrogens (tertiary/aromatic N) is 1. The van der Waals surface area contributed by atoms with Crippen LogP contribution in [0.25, 0.3) is 0 Å². The summed E-state index contributed by atoms with van der Waals surface area (Å²) in [6.45, 7) is 5.76. The summed E-state index contributed by atoms with van der Waals surface area (Å²) < 4.78 is 11.2. The fourth-order valence-electron chi connectivity index (χ4n) is 2.24. The molecule has 1 saturated heterocycles. The van der Waals surface area contributed by atoms with Gasteiger partial charge in [-0.25, -0.2) is 0 Å². The van der Waals surface area contributed by atoms with Gasteiger partial charge in [-0.1, -0.05) is 11.6 Å². The van der Waals surface area contributed by atoms with Crippen LogP contribution < -0.4 is 10.5 Å². The highest BCUT2D eigenvalue weighted by atomic mass is 35.5. The molecule has 1 heterocycles. The lowest BCUT2D eigenvalue weighted by atomic mass is 10.1. The second-order valence-electron chi connectivity index (χ2n) is 5.29. The monoisotopic (exact) mass is 312 g/mol. The van der Waals surface area contributed by atoms with Crippen molar-refractivity contribution >= 4 is 17.5 Å². The van der Waals surface area contributed by atoms with Crippen LogP contribution in [-0.4, -0.2) is 49.3 Å². The number of carbonyl (C=O) groups excluding carboxylic acids is 1. The molecule has 1 aromatic rings. The van der Waals surface area contributed by atoms with Crippen LogP contribution in [0.5, 0.6) is 5.75 Å². The molecule has 116 valence electrons. The SMILES string of the molecule is CC(C)Oc1ccc(Cl)cc1C(=O)N1CCOC(CN)C1. The Bertz CT molecular complexity index is 508. The van der Waals surface area contributed by atoms with Gasteiger partial charge in [-0.2, -0.15) is 0 Å². The van der Waals surface area contributed by atoms with E-state index in [1.165, 1.54) is 0 Å². The first-order valence-corrected chi connectivity index (χ1v) is 7.46. The average molecular weight is 313 g/mol. The zero-order chi connectivity index (χ0) is 15.4. The third-order valence-corrected chi connectivity index (χ3v) is 3.46. The average Bonchev–Trinajstić information content (AvgIpc) is 2.48. The lowest BCUT2D eigenvalue weighted by Gasteiger charge is -2.32. The summed E-state index contributed by atoms with van der Waals surface area (Å²) in [6.07, 6.45) is -0.129. The largest absolute Gasteiger partial charge is 0.490 e. The molecule has 1 aliphatic rings. The van der Waals surface area contributed by atoms with Crippen molar-refractivity contribution in [2.75, 3.05) is 26.2 Å². The second-order valence-corrected chi connectivity index (χ2v) is 5.72. The van der Waals surface area contributed by atoms with Crippen LogP contribution in [0.4, 0.5) is 0 Å². The number of nitrogens with two attached hydrogens (primary N) is 1. The molecule has 0 bridgehead atoms. The van der Waals surface area contributed by atoms with Crippen molar-refractivity contribution in [3.8, 4) is 5.75 Å². The van der Waals surface area contributed by atoms with Gasteiger partial charge in [0.25, 0.3) is 5.91 Å². The maximum atomic E-state index is 12.7. The van der Waals surface area contributed by atoms with Crippen molar-refractivity contribution in [2.45, 2.75) is 26.1 Å². The number of halogens is 1. The number of hydrogen-bond donors (Lipinski definition) is 1. The molecule has 0 aliphatic carbocycles. The van der Waals surface area contributed by atoms with Crippen LogP contribution in [0.15, 0.2) is 18.2 Å². The van der Waals surface area contributed by atoms with Gasteiger partial charge in [0, 0.05) is 24.7 Å². The Labute approximate surface area is 130 Å². The molecule has 0 spiro atoms. The van der Waals surface area contributed by atoms with Crippen LogP contribution in [-0.2, 0) is 4.74 Å². The standard InChI is InChI=1S/C15H21ClN2O3/c1-10(2)21-14-4-3-11(16)7-13(14)15(19)18-5-6-20-12(8-17)9-18/h3-4,7,10,12H,5-6,8-9,17H2,1-2H3. The van der Waals surface area contributed by atoms with E-state index in [0.717, 1.165) is 0 Å². The molecule has 1 aromatic carbocycles. The first kappa shape index (κ1) is 16.1. The molecular weight excluding hydrogens is 292 g/mol. The molecule has 1 unspecified atom stereocenters. The smallest absolute Gasteiger partial charge is 0.257 e. The lowest BCUT2D eigenvalue weighted by molar-refractivity contribution is -0.0169. The Morgan fingerprint density at radius 2 is 2.33 bits per heavy atom. The first-order chi connectivity index (χ1) is 10.0. The van der Waals surface area contributed by atoms with Crippen LogP contribution in [0, 0.1) is 0 Å². The van der Waals surface area contributed by atoms with Gasteiger partial charge < -0.3 is 20.1 Å². The number of rotatable bonds is 4. The maximum absolute atomic E-state index is 12.7. The number of morpholine rings is 1. The summed E-state index contributed by atoms with van der Waals surface area (Å²) in [4.78, 5) is 14.4. The molecule has 5 nitrogen and oxygen atoms in total. The van der Waals surface area contributed by atoms with Gasteiger partial charge in [0.2, 0.25) is 0 Å². The molecule has 6 heteroatoms. The van der Waals surface area contributed by atoms with Crippen molar-refractivity contribution in [1.82, 2.24) is 4.90 Å². The molecule has 1 aliphatic heterocycles. The highest BCUT2D eigenvalue weighted by Crippen LogP contribution is 2.26. The minimum Gasteiger partial charge on any atom is -0.490 e. The van der Waals surface area contributed by atoms with Crippen LogP contribution in [0.2, 0.25) is 5.02 Å². The molecule has 0 radical (unpaired) electrons. The summed E-state index contributed by atoms with van der Waals surface area (Å²) in [7, 11) is 0. The zero-order valence-electron chi connectivity index (χ0n) is 12.3. The van der Waals surface area contributed by atoms with E-state index in [9.17, 15) is 4.79 Å². The van der Waals surface area contributed by atoms with E-state index in [-0.39, 0.29) is 18.1 Å². The predicted octanol–water partition coefficient (Wildman–Crippen LogP) is 1.93. The minimum absolute atomic E-state index is 0.0146. The van der Waals surface area contributed by atoms with Crippen molar-refractivity contribution in [3.63, 3.8) is 0 Å². The van der Waals surface area contributed by atoms with Crippen LogP contribution in [0.1, 0.15) is 24.2 Å². The van der Waals surface area contributed by atoms with Crippen molar-refractivity contribution in [1.29, 1.82) is 0 Å². The van der Waals surface area contributed by atoms with Gasteiger partial charge in [0.05, 0.1) is 24.4 Å². The Balaban J connectivity index is 2.23. The Hall–Kier alpha value is -1.30. The van der Waals surface area contributed by atoms with Crippen molar-refractivity contribution in [3.05, 3.63) is 28.8 Å². The van der Waals surface area contributed by atoms with Gasteiger partial charge in [-0.05, 0) is 32.0 Å². The molecular formula is C15H21ClN2O3. The molecule has 0 aromatic heterocycles. The summed E-state index contributed by atoms with van der Waals surface area (Å²) in [6, 6.07) is 5.10. The highest BCUT2D eigenvalue weighted by molar-refractivity contribution is 6.31. The van der Waals surface area contributed by atoms with Gasteiger partial charge in [0.15, 0.2) is 0 Å². The van der Waals surface area contributed by atoms with Gasteiger partial charge in [-0.3, -0.25) is 4.79 Å². The van der Waals surface area contributed by atoms with E-state index in [1.807, 2.05) is 13.8 Å². The van der Waals surface area contributed by atoms with Gasteiger partial charge >= 0.3 is 0 Å². The molecule has 1 fully saturated rings. The topological polar surface area (TPSA) is 64.8 Å². The maximum Gasteiger partial charge on any atom is 0.257 e. The van der Waals surface area contributed by atoms with E-state index >= 15 is 0 Å². The summed E-state index contributed by atoms with van der Waals surface area (Å²) in [5.74, 6) is 0.449. The van der Waals surface area contributed by atoms with E-state index < -0.39 is 0 Å². The number of benzene rings is 1. The normalized spacial score (nSPS) is 18.9. The zero-order valence-corrected chi connectivity index (χ0v) is 13.1. The molecule has 21 heavy (non-hydrogen) atoms. The van der Waals surface area contributed by atoms with Crippen LogP contribution in [0.3, 0.4) is 0 Å². The van der Waals surface area contributed by atoms with E-state index in [4.69, 9.17) is 26.8 Å². The number of hydrogen-bond acceptors (Lipinski definition) is 4. The lowest BCUT2D eigenvalue weighted by Crippen LogP contribution is -2.48. The quantitative estimate of drug-likeness (QED) is 0.922. The van der Waals surface area contributed by atoms with Crippen molar-refractivity contribution < 1.29 is 14.3 Å². The molecule has 0 saturated carbocycles. The Morgan fingerprint density at radius 1 is 1.57 bits per heavy atom. The van der Waals surface area contributed by atoms with E-state index in [0.29, 0.717) is 42.6 Å². The summed E-state index contributed by atoms with van der Waals surface area (Å²) in [5, 5.41) is 0.512. The molecule has 1 amide bonds. The predicted molar refractivity (Wildman–Crippen MR) is 81.9 cm³/mol. The third kappa shape index (κ3) is 4.09. The Morgan fingerprint density at radius 3 is 3.00 bits per heavy atom. The summed E-state index contributed by atoms with van der Waals surface area (Å²) in [5.41, 5.74) is 6.10. The van der Waals surface area contributed by atoms with Gasteiger partial charge in [0.1, 0.15) is 5.75 Å². The van der Waals surface area contributed by atoms with E-state index in [2.05, 4.69) is 0 Å². The minimum atomic E-state index is -0.114. The molecule has 1 atom stereocenters. The third-order valence-electron chi connectivity index (χ3n) is 3.22. The second kappa shape index (κ2) is 7.11. The fourth-order valence-corrected chi connectivity index (χ4v) is 2.41. The molecule has 2 N–H and O–H groups in total. The van der Waals surface area contributed by atoms with Crippen LogP contribution >= 0.6 is 11.6 Å². The number of carbonyl (C=O) groups is 1. The summed E-state index contributed by atoms with van der Waals surface area (Å²) >= 11 is 6.02. The highest BCUT2D eigenvalue weighted by Gasteiger charge is 2.26. The number of ether oxygens (including phenoxy) is 2. The van der Waals surface area contributed by atoms with Gasteiger partial charge in [-0.15, -0.1) is 0 Å². The Kier molecular flexibility index (Phi) is 5.45. The fraction of sp³-hybridized carbons (Fsp3) is 0.533.